The number of amides is 1. The molecule has 1 unspecified atom stereocenters. The minimum atomic E-state index is 0.150. The van der Waals surface area contributed by atoms with E-state index < -0.39 is 0 Å². The molecule has 104 valence electrons. The monoisotopic (exact) mass is 260 g/mol. The summed E-state index contributed by atoms with van der Waals surface area (Å²) >= 11 is 0. The standard InChI is InChI=1S/C16H24N2O/c1-16(2,3)12-9-10-18(11-12)15(19)13-7-5-6-8-14(13)17-4/h5-8,12,17H,9-11H2,1-4H3. The van der Waals surface area contributed by atoms with Gasteiger partial charge in [0.25, 0.3) is 5.91 Å². The highest BCUT2D eigenvalue weighted by molar-refractivity contribution is 5.99. The van der Waals surface area contributed by atoms with Crippen LogP contribution in [0.2, 0.25) is 0 Å². The summed E-state index contributed by atoms with van der Waals surface area (Å²) in [5.74, 6) is 0.745. The van der Waals surface area contributed by atoms with Crippen LogP contribution in [0.1, 0.15) is 37.6 Å². The van der Waals surface area contributed by atoms with E-state index in [2.05, 4.69) is 26.1 Å². The number of nitrogens with one attached hydrogen (secondary N) is 1. The highest BCUT2D eigenvalue weighted by Crippen LogP contribution is 2.34. The van der Waals surface area contributed by atoms with Crippen molar-refractivity contribution in [2.75, 3.05) is 25.5 Å². The maximum absolute atomic E-state index is 12.6. The van der Waals surface area contributed by atoms with Crippen LogP contribution in [0.25, 0.3) is 0 Å². The van der Waals surface area contributed by atoms with E-state index >= 15 is 0 Å². The number of hydrogen-bond donors (Lipinski definition) is 1. The van der Waals surface area contributed by atoms with E-state index in [-0.39, 0.29) is 11.3 Å². The highest BCUT2D eigenvalue weighted by Gasteiger charge is 2.34. The minimum Gasteiger partial charge on any atom is -0.387 e. The molecule has 0 aromatic heterocycles. The van der Waals surface area contributed by atoms with Crippen LogP contribution in [0, 0.1) is 11.3 Å². The van der Waals surface area contributed by atoms with E-state index in [0.29, 0.717) is 5.92 Å². The number of benzene rings is 1. The summed E-state index contributed by atoms with van der Waals surface area (Å²) in [6.07, 6.45) is 1.11. The largest absolute Gasteiger partial charge is 0.387 e. The number of rotatable bonds is 2. The number of carbonyl (C=O) groups excluding carboxylic acids is 1. The van der Waals surface area contributed by atoms with Gasteiger partial charge in [-0.25, -0.2) is 0 Å². The summed E-state index contributed by atoms with van der Waals surface area (Å²) in [7, 11) is 1.86. The minimum absolute atomic E-state index is 0.150. The average molecular weight is 260 g/mol. The Kier molecular flexibility index (Phi) is 3.83. The van der Waals surface area contributed by atoms with E-state index in [1.807, 2.05) is 36.2 Å². The second-order valence-electron chi connectivity index (χ2n) is 6.40. The lowest BCUT2D eigenvalue weighted by molar-refractivity contribution is 0.0777. The summed E-state index contributed by atoms with van der Waals surface area (Å²) in [5, 5.41) is 3.09. The summed E-state index contributed by atoms with van der Waals surface area (Å²) in [6, 6.07) is 7.72. The molecule has 1 aliphatic heterocycles. The third-order valence-corrected chi connectivity index (χ3v) is 4.13. The van der Waals surface area contributed by atoms with E-state index in [1.54, 1.807) is 0 Å². The molecule has 1 aromatic rings. The van der Waals surface area contributed by atoms with Crippen LogP contribution < -0.4 is 5.32 Å². The van der Waals surface area contributed by atoms with Crippen molar-refractivity contribution >= 4 is 11.6 Å². The van der Waals surface area contributed by atoms with Crippen LogP contribution in [-0.4, -0.2) is 30.9 Å². The molecule has 0 bridgehead atoms. The van der Waals surface area contributed by atoms with Gasteiger partial charge in [0.05, 0.1) is 5.56 Å². The van der Waals surface area contributed by atoms with E-state index in [4.69, 9.17) is 0 Å². The molecule has 0 saturated carbocycles. The lowest BCUT2D eigenvalue weighted by Crippen LogP contribution is -2.31. The first-order valence-electron chi connectivity index (χ1n) is 6.99. The van der Waals surface area contributed by atoms with Crippen LogP contribution >= 0.6 is 0 Å². The van der Waals surface area contributed by atoms with Gasteiger partial charge in [-0.05, 0) is 29.9 Å². The average Bonchev–Trinajstić information content (AvgIpc) is 2.87. The second kappa shape index (κ2) is 5.24. The lowest BCUT2D eigenvalue weighted by Gasteiger charge is -2.27. The number of nitrogens with zero attached hydrogens (tertiary/aromatic N) is 1. The maximum Gasteiger partial charge on any atom is 0.255 e. The van der Waals surface area contributed by atoms with Gasteiger partial charge in [0.2, 0.25) is 0 Å². The zero-order valence-electron chi connectivity index (χ0n) is 12.4. The Morgan fingerprint density at radius 2 is 2.00 bits per heavy atom. The van der Waals surface area contributed by atoms with Crippen LogP contribution in [0.15, 0.2) is 24.3 Å². The predicted molar refractivity (Wildman–Crippen MR) is 79.5 cm³/mol. The predicted octanol–water partition coefficient (Wildman–Crippen LogP) is 3.24. The van der Waals surface area contributed by atoms with E-state index in [0.717, 1.165) is 30.8 Å². The summed E-state index contributed by atoms with van der Waals surface area (Å²) < 4.78 is 0. The van der Waals surface area contributed by atoms with Crippen LogP contribution in [0.3, 0.4) is 0 Å². The number of carbonyl (C=O) groups is 1. The normalized spacial score (nSPS) is 19.6. The first-order valence-corrected chi connectivity index (χ1v) is 6.99. The van der Waals surface area contributed by atoms with Crippen molar-refractivity contribution in [1.82, 2.24) is 4.90 Å². The molecule has 1 heterocycles. The van der Waals surface area contributed by atoms with Crippen LogP contribution in [0.4, 0.5) is 5.69 Å². The highest BCUT2D eigenvalue weighted by atomic mass is 16.2. The van der Waals surface area contributed by atoms with Crippen molar-refractivity contribution in [3.05, 3.63) is 29.8 Å². The molecule has 1 N–H and O–H groups in total. The molecule has 19 heavy (non-hydrogen) atoms. The summed E-state index contributed by atoms with van der Waals surface area (Å²) in [5.41, 5.74) is 1.96. The van der Waals surface area contributed by atoms with E-state index in [1.165, 1.54) is 0 Å². The van der Waals surface area contributed by atoms with E-state index in [9.17, 15) is 4.79 Å². The molecule has 1 saturated heterocycles. The van der Waals surface area contributed by atoms with Gasteiger partial charge < -0.3 is 10.2 Å². The third-order valence-electron chi connectivity index (χ3n) is 4.13. The van der Waals surface area contributed by atoms with Gasteiger partial charge in [0, 0.05) is 25.8 Å². The Morgan fingerprint density at radius 3 is 2.58 bits per heavy atom. The fraction of sp³-hybridized carbons (Fsp3) is 0.562. The van der Waals surface area contributed by atoms with Crippen LogP contribution in [-0.2, 0) is 0 Å². The van der Waals surface area contributed by atoms with Gasteiger partial charge in [0.15, 0.2) is 0 Å². The Balaban J connectivity index is 2.14. The van der Waals surface area contributed by atoms with Crippen molar-refractivity contribution in [2.24, 2.45) is 11.3 Å². The summed E-state index contributed by atoms with van der Waals surface area (Å²) in [4.78, 5) is 14.6. The molecule has 1 aliphatic rings. The van der Waals surface area contributed by atoms with Crippen molar-refractivity contribution < 1.29 is 4.79 Å². The first-order chi connectivity index (χ1) is 8.93. The zero-order chi connectivity index (χ0) is 14.0. The molecular weight excluding hydrogens is 236 g/mol. The Labute approximate surface area is 116 Å². The number of hydrogen-bond acceptors (Lipinski definition) is 2. The van der Waals surface area contributed by atoms with Crippen LogP contribution in [0.5, 0.6) is 0 Å². The number of likely N-dealkylation sites (tertiary alicyclic amines) is 1. The SMILES string of the molecule is CNc1ccccc1C(=O)N1CCC(C(C)(C)C)C1. The van der Waals surface area contributed by atoms with Gasteiger partial charge >= 0.3 is 0 Å². The topological polar surface area (TPSA) is 32.3 Å². The van der Waals surface area contributed by atoms with Gasteiger partial charge in [-0.3, -0.25) is 4.79 Å². The Hall–Kier alpha value is -1.51. The fourth-order valence-electron chi connectivity index (χ4n) is 2.71. The maximum atomic E-state index is 12.6. The molecule has 2 rings (SSSR count). The molecule has 1 amide bonds. The Bertz CT molecular complexity index is 462. The van der Waals surface area contributed by atoms with Crippen molar-refractivity contribution in [3.63, 3.8) is 0 Å². The quantitative estimate of drug-likeness (QED) is 0.885. The van der Waals surface area contributed by atoms with Gasteiger partial charge in [-0.1, -0.05) is 32.9 Å². The van der Waals surface area contributed by atoms with Crippen molar-refractivity contribution in [3.8, 4) is 0 Å². The molecule has 1 atom stereocenters. The fourth-order valence-corrected chi connectivity index (χ4v) is 2.71. The molecule has 0 radical (unpaired) electrons. The Morgan fingerprint density at radius 1 is 1.32 bits per heavy atom. The molecule has 3 nitrogen and oxygen atoms in total. The second-order valence-corrected chi connectivity index (χ2v) is 6.40. The molecule has 0 aliphatic carbocycles. The number of para-hydroxylation sites is 1. The molecule has 1 aromatic carbocycles. The van der Waals surface area contributed by atoms with Gasteiger partial charge in [-0.2, -0.15) is 0 Å². The molecule has 0 spiro atoms. The molecule has 1 fully saturated rings. The zero-order valence-corrected chi connectivity index (χ0v) is 12.4. The third kappa shape index (κ3) is 2.91. The first kappa shape index (κ1) is 13.9. The number of anilines is 1. The lowest BCUT2D eigenvalue weighted by atomic mass is 9.80. The van der Waals surface area contributed by atoms with Crippen molar-refractivity contribution in [2.45, 2.75) is 27.2 Å². The molecular formula is C16H24N2O. The van der Waals surface area contributed by atoms with Gasteiger partial charge in [0.1, 0.15) is 0 Å². The van der Waals surface area contributed by atoms with Crippen molar-refractivity contribution in [1.29, 1.82) is 0 Å². The van der Waals surface area contributed by atoms with Gasteiger partial charge in [-0.15, -0.1) is 0 Å². The molecule has 3 heteroatoms. The smallest absolute Gasteiger partial charge is 0.255 e. The summed E-state index contributed by atoms with van der Waals surface area (Å²) in [6.45, 7) is 8.52.